The third-order valence-electron chi connectivity index (χ3n) is 8.07. The number of carbonyl (C=O) groups is 2. The molecule has 0 aliphatic carbocycles. The Balaban J connectivity index is 1.43. The zero-order valence-electron chi connectivity index (χ0n) is 24.8. The van der Waals surface area contributed by atoms with E-state index >= 15 is 8.78 Å². The summed E-state index contributed by atoms with van der Waals surface area (Å²) in [5, 5.41) is 2.36. The molecule has 2 atom stereocenters. The molecule has 0 bridgehead atoms. The molecule has 4 aromatic rings. The molecule has 4 heterocycles. The summed E-state index contributed by atoms with van der Waals surface area (Å²) in [4.78, 5) is 44.0. The van der Waals surface area contributed by atoms with Gasteiger partial charge in [0, 0.05) is 55.0 Å². The summed E-state index contributed by atoms with van der Waals surface area (Å²) in [6.45, 7) is 3.79. The zero-order valence-corrected chi connectivity index (χ0v) is 24.8. The first-order valence-electron chi connectivity index (χ1n) is 14.0. The van der Waals surface area contributed by atoms with Gasteiger partial charge in [0.15, 0.2) is 5.78 Å². The van der Waals surface area contributed by atoms with Crippen LogP contribution in [0.2, 0.25) is 0 Å². The molecule has 0 unspecified atom stereocenters. The van der Waals surface area contributed by atoms with Crippen LogP contribution in [0.25, 0.3) is 16.8 Å². The highest BCUT2D eigenvalue weighted by Gasteiger charge is 2.46. The molecule has 14 heteroatoms. The van der Waals surface area contributed by atoms with Gasteiger partial charge >= 0.3 is 6.18 Å². The number of aromatic nitrogens is 3. The number of amides is 1. The van der Waals surface area contributed by atoms with Crippen molar-refractivity contribution in [3.05, 3.63) is 87.2 Å². The summed E-state index contributed by atoms with van der Waals surface area (Å²) in [7, 11) is 1.67. The van der Waals surface area contributed by atoms with Crippen LogP contribution in [-0.4, -0.2) is 63.7 Å². The van der Waals surface area contributed by atoms with Crippen LogP contribution < -0.4 is 15.8 Å². The normalized spacial score (nSPS) is 16.2. The number of ketones is 1. The first kappa shape index (κ1) is 31.8. The van der Waals surface area contributed by atoms with Crippen LogP contribution in [-0.2, 0) is 23.0 Å². The third kappa shape index (κ3) is 6.06. The highest BCUT2D eigenvalue weighted by Crippen LogP contribution is 2.33. The Bertz CT molecular complexity index is 1840. The Kier molecular flexibility index (Phi) is 8.53. The van der Waals surface area contributed by atoms with E-state index in [-0.39, 0.29) is 25.1 Å². The Morgan fingerprint density at radius 3 is 2.47 bits per heavy atom. The van der Waals surface area contributed by atoms with E-state index in [9.17, 15) is 27.6 Å². The summed E-state index contributed by atoms with van der Waals surface area (Å²) in [6, 6.07) is 3.22. The van der Waals surface area contributed by atoms with Crippen molar-refractivity contribution in [2.75, 3.05) is 24.7 Å². The smallest absolute Gasteiger partial charge is 0.377 e. The quantitative estimate of drug-likeness (QED) is 0.306. The number of morpholine rings is 1. The second-order valence-corrected chi connectivity index (χ2v) is 11.0. The average Bonchev–Trinajstić information content (AvgIpc) is 3.46. The predicted molar refractivity (Wildman–Crippen MR) is 155 cm³/mol. The average molecular weight is 632 g/mol. The lowest BCUT2D eigenvalue weighted by atomic mass is 10.0. The van der Waals surface area contributed by atoms with Crippen molar-refractivity contribution in [2.24, 2.45) is 7.05 Å². The van der Waals surface area contributed by atoms with Crippen LogP contribution in [0.15, 0.2) is 47.5 Å². The number of fused-ring (bicyclic) bond motifs is 1. The van der Waals surface area contributed by atoms with Gasteiger partial charge in [0.2, 0.25) is 0 Å². The maximum atomic E-state index is 15.1. The molecule has 1 N–H and O–H groups in total. The van der Waals surface area contributed by atoms with E-state index in [1.165, 1.54) is 17.7 Å². The van der Waals surface area contributed by atoms with Crippen molar-refractivity contribution in [1.82, 2.24) is 19.3 Å². The number of anilines is 1. The van der Waals surface area contributed by atoms with Gasteiger partial charge in [-0.15, -0.1) is 0 Å². The lowest BCUT2D eigenvalue weighted by molar-refractivity contribution is -0.167. The van der Waals surface area contributed by atoms with Crippen LogP contribution >= 0.6 is 0 Å². The van der Waals surface area contributed by atoms with Crippen molar-refractivity contribution in [2.45, 2.75) is 45.5 Å². The molecule has 45 heavy (non-hydrogen) atoms. The van der Waals surface area contributed by atoms with Crippen molar-refractivity contribution in [3.63, 3.8) is 0 Å². The number of imidazole rings is 1. The molecular weight excluding hydrogens is 601 g/mol. The van der Waals surface area contributed by atoms with Crippen molar-refractivity contribution in [3.8, 4) is 11.1 Å². The summed E-state index contributed by atoms with van der Waals surface area (Å²) in [5.41, 5.74) is 1.85. The maximum absolute atomic E-state index is 15.1. The number of hydrogen-bond acceptors (Lipinski definition) is 6. The van der Waals surface area contributed by atoms with Gasteiger partial charge < -0.3 is 23.9 Å². The van der Waals surface area contributed by atoms with E-state index in [4.69, 9.17) is 4.74 Å². The van der Waals surface area contributed by atoms with Gasteiger partial charge in [-0.1, -0.05) is 0 Å². The Hall–Kier alpha value is -4.59. The first-order valence-corrected chi connectivity index (χ1v) is 14.0. The predicted octanol–water partition coefficient (Wildman–Crippen LogP) is 4.29. The van der Waals surface area contributed by atoms with Crippen LogP contribution in [0.1, 0.15) is 34.2 Å². The summed E-state index contributed by atoms with van der Waals surface area (Å²) in [5.74, 6) is -4.52. The maximum Gasteiger partial charge on any atom is 0.411 e. The molecule has 9 nitrogen and oxygen atoms in total. The second-order valence-electron chi connectivity index (χ2n) is 11.0. The molecule has 238 valence electrons. The lowest BCUT2D eigenvalue weighted by Crippen LogP contribution is -2.53. The van der Waals surface area contributed by atoms with E-state index < -0.39 is 59.4 Å². The van der Waals surface area contributed by atoms with Gasteiger partial charge in [-0.2, -0.15) is 13.2 Å². The highest BCUT2D eigenvalue weighted by molar-refractivity contribution is 5.98. The van der Waals surface area contributed by atoms with Gasteiger partial charge in [-0.3, -0.25) is 14.4 Å². The number of Topliss-reactive ketones (excluding diaryl/α,β-unsaturated/α-hetero) is 1. The monoisotopic (exact) mass is 631 g/mol. The Morgan fingerprint density at radius 1 is 1.13 bits per heavy atom. The van der Waals surface area contributed by atoms with E-state index in [1.54, 1.807) is 29.8 Å². The fourth-order valence-corrected chi connectivity index (χ4v) is 5.60. The molecule has 1 saturated heterocycles. The first-order chi connectivity index (χ1) is 21.2. The van der Waals surface area contributed by atoms with Gasteiger partial charge in [0.1, 0.15) is 28.9 Å². The molecule has 1 aliphatic heterocycles. The van der Waals surface area contributed by atoms with Crippen LogP contribution in [0.3, 0.4) is 0 Å². The molecule has 0 radical (unpaired) electrons. The number of nitrogens with one attached hydrogen (secondary N) is 1. The van der Waals surface area contributed by atoms with Crippen molar-refractivity contribution < 1.29 is 36.3 Å². The van der Waals surface area contributed by atoms with Crippen molar-refractivity contribution >= 4 is 23.0 Å². The number of hydrogen-bond donors (Lipinski definition) is 1. The molecule has 3 aromatic heterocycles. The van der Waals surface area contributed by atoms with Crippen molar-refractivity contribution in [1.29, 1.82) is 0 Å². The number of pyridine rings is 2. The number of benzene rings is 1. The standard InChI is InChI=1S/C31H30F5N5O4/c1-16-11-17(2)39(4)30(44)26(16)21-6-5-19(41-8-7-37-28(21)41)14-24(18(3)42)38-29(43)27-22(32)12-20(13-23(27)33)40-9-10-45-15-25(40)31(34,35)36/h5-8,11-13,24-25H,9-10,14-15H2,1-4H3,(H,38,43)/t24-,25+/m0/s1. The van der Waals surface area contributed by atoms with Crippen LogP contribution in [0, 0.1) is 25.5 Å². The van der Waals surface area contributed by atoms with E-state index in [0.29, 0.717) is 34.6 Å². The molecule has 5 rings (SSSR count). The molecule has 1 aromatic carbocycles. The minimum Gasteiger partial charge on any atom is -0.377 e. The zero-order chi connectivity index (χ0) is 32.8. The molecule has 1 fully saturated rings. The number of carbonyl (C=O) groups excluding carboxylic acids is 2. The Morgan fingerprint density at radius 2 is 1.82 bits per heavy atom. The molecule has 0 saturated carbocycles. The third-order valence-corrected chi connectivity index (χ3v) is 8.07. The number of halogens is 5. The minimum atomic E-state index is -4.72. The molecule has 1 aliphatic rings. The SMILES string of the molecule is CC(=O)[C@H](Cc1ccc(-c2c(C)cc(C)n(C)c2=O)c2nccn12)NC(=O)c1c(F)cc(N2CCOC[C@@H]2C(F)(F)F)cc1F. The largest absolute Gasteiger partial charge is 0.411 e. The lowest BCUT2D eigenvalue weighted by Gasteiger charge is -2.38. The van der Waals surface area contributed by atoms with E-state index in [1.807, 2.05) is 19.9 Å². The van der Waals surface area contributed by atoms with E-state index in [2.05, 4.69) is 10.3 Å². The number of ether oxygens (including phenoxy) is 1. The van der Waals surface area contributed by atoms with Crippen LogP contribution in [0.5, 0.6) is 0 Å². The Labute approximate surface area is 254 Å². The molecule has 0 spiro atoms. The molecule has 1 amide bonds. The number of aryl methyl sites for hydroxylation is 2. The summed E-state index contributed by atoms with van der Waals surface area (Å²) in [6.07, 6.45) is -1.67. The van der Waals surface area contributed by atoms with Gasteiger partial charge in [-0.25, -0.2) is 13.8 Å². The second kappa shape index (κ2) is 12.1. The number of alkyl halides is 3. The van der Waals surface area contributed by atoms with Gasteiger partial charge in [-0.05, 0) is 56.7 Å². The summed E-state index contributed by atoms with van der Waals surface area (Å²) < 4.78 is 78.9. The topological polar surface area (TPSA) is 97.9 Å². The van der Waals surface area contributed by atoms with Gasteiger partial charge in [0.25, 0.3) is 11.5 Å². The summed E-state index contributed by atoms with van der Waals surface area (Å²) >= 11 is 0. The fourth-order valence-electron chi connectivity index (χ4n) is 5.60. The minimum absolute atomic E-state index is 0.0786. The number of nitrogens with zero attached hydrogens (tertiary/aromatic N) is 4. The molecular formula is C31H30F5N5O4. The van der Waals surface area contributed by atoms with Gasteiger partial charge in [0.05, 0.1) is 24.8 Å². The number of rotatable bonds is 7. The fraction of sp³-hybridized carbons (Fsp3) is 0.355. The van der Waals surface area contributed by atoms with Crippen LogP contribution in [0.4, 0.5) is 27.6 Å². The van der Waals surface area contributed by atoms with E-state index in [0.717, 1.165) is 16.2 Å². The highest BCUT2D eigenvalue weighted by atomic mass is 19.4.